The minimum Gasteiger partial charge on any atom is -0.504 e. The number of methoxy groups -OCH3 is 1. The van der Waals surface area contributed by atoms with Crippen LogP contribution in [0.2, 0.25) is 0 Å². The van der Waals surface area contributed by atoms with Gasteiger partial charge in [-0.3, -0.25) is 0 Å². The van der Waals surface area contributed by atoms with Crippen molar-refractivity contribution in [3.05, 3.63) is 35.9 Å². The van der Waals surface area contributed by atoms with Crippen LogP contribution in [0, 0.1) is 5.92 Å². The predicted molar refractivity (Wildman–Crippen MR) is 84.2 cm³/mol. The highest BCUT2D eigenvalue weighted by molar-refractivity contribution is 5.41. The fourth-order valence-corrected chi connectivity index (χ4v) is 1.95. The molecule has 0 bridgehead atoms. The number of phenolic OH excluding ortho intramolecular Hbond substituents is 1. The van der Waals surface area contributed by atoms with Gasteiger partial charge in [-0.05, 0) is 49.4 Å². The molecule has 0 heterocycles. The van der Waals surface area contributed by atoms with Crippen molar-refractivity contribution in [3.63, 3.8) is 0 Å². The van der Waals surface area contributed by atoms with Crippen molar-refractivity contribution in [3.8, 4) is 11.5 Å². The second-order valence-corrected chi connectivity index (χ2v) is 5.35. The summed E-state index contributed by atoms with van der Waals surface area (Å²) in [7, 11) is 1.57. The number of hydrogen-bond acceptors (Lipinski definition) is 3. The number of phenols is 1. The topological polar surface area (TPSA) is 41.5 Å². The average Bonchev–Trinajstić information content (AvgIpc) is 2.43. The molecule has 0 spiro atoms. The van der Waals surface area contributed by atoms with Gasteiger partial charge in [-0.15, -0.1) is 0 Å². The van der Waals surface area contributed by atoms with Gasteiger partial charge < -0.3 is 15.2 Å². The van der Waals surface area contributed by atoms with Crippen LogP contribution in [0.1, 0.15) is 38.7 Å². The van der Waals surface area contributed by atoms with Crippen molar-refractivity contribution in [1.82, 2.24) is 5.32 Å². The Kier molecular flexibility index (Phi) is 7.81. The van der Waals surface area contributed by atoms with E-state index in [9.17, 15) is 5.11 Å². The molecular formula is C17H27NO2. The Morgan fingerprint density at radius 3 is 2.80 bits per heavy atom. The van der Waals surface area contributed by atoms with Crippen molar-refractivity contribution < 1.29 is 9.84 Å². The van der Waals surface area contributed by atoms with E-state index in [4.69, 9.17) is 4.74 Å². The van der Waals surface area contributed by atoms with Crippen LogP contribution in [-0.2, 0) is 6.54 Å². The number of rotatable bonds is 9. The summed E-state index contributed by atoms with van der Waals surface area (Å²) in [5, 5.41) is 12.9. The van der Waals surface area contributed by atoms with Crippen LogP contribution in [0.25, 0.3) is 0 Å². The van der Waals surface area contributed by atoms with Gasteiger partial charge in [0.2, 0.25) is 0 Å². The van der Waals surface area contributed by atoms with Crippen LogP contribution in [0.4, 0.5) is 0 Å². The van der Waals surface area contributed by atoms with E-state index in [1.54, 1.807) is 13.2 Å². The lowest BCUT2D eigenvalue weighted by molar-refractivity contribution is 0.373. The molecule has 20 heavy (non-hydrogen) atoms. The average molecular weight is 277 g/mol. The number of allylic oxidation sites excluding steroid dienone is 2. The van der Waals surface area contributed by atoms with Crippen molar-refractivity contribution in [2.75, 3.05) is 13.7 Å². The Morgan fingerprint density at radius 1 is 1.30 bits per heavy atom. The first-order chi connectivity index (χ1) is 9.63. The first-order valence-corrected chi connectivity index (χ1v) is 7.36. The molecule has 0 aliphatic carbocycles. The molecule has 0 atom stereocenters. The molecule has 0 aliphatic heterocycles. The molecule has 3 heteroatoms. The maximum atomic E-state index is 9.51. The van der Waals surface area contributed by atoms with E-state index in [0.29, 0.717) is 11.7 Å². The van der Waals surface area contributed by atoms with E-state index in [2.05, 4.69) is 31.3 Å². The maximum absolute atomic E-state index is 9.51. The van der Waals surface area contributed by atoms with Gasteiger partial charge in [0.15, 0.2) is 11.5 Å². The van der Waals surface area contributed by atoms with Gasteiger partial charge in [0.1, 0.15) is 0 Å². The lowest BCUT2D eigenvalue weighted by Gasteiger charge is -2.08. The summed E-state index contributed by atoms with van der Waals surface area (Å²) in [6, 6.07) is 5.45. The molecule has 0 aromatic heterocycles. The Hall–Kier alpha value is -1.48. The maximum Gasteiger partial charge on any atom is 0.160 e. The summed E-state index contributed by atoms with van der Waals surface area (Å²) in [5.41, 5.74) is 1.12. The summed E-state index contributed by atoms with van der Waals surface area (Å²) < 4.78 is 5.09. The molecule has 3 nitrogen and oxygen atoms in total. The van der Waals surface area contributed by atoms with E-state index in [-0.39, 0.29) is 5.75 Å². The Balaban J connectivity index is 2.15. The fraction of sp³-hybridized carbons (Fsp3) is 0.529. The number of benzene rings is 1. The SMILES string of the molecule is COc1cc(CNCCCC/C=C/C(C)C)ccc1O. The lowest BCUT2D eigenvalue weighted by Crippen LogP contribution is -2.14. The normalized spacial score (nSPS) is 11.4. The zero-order chi connectivity index (χ0) is 14.8. The quantitative estimate of drug-likeness (QED) is 0.532. The summed E-state index contributed by atoms with van der Waals surface area (Å²) in [6.07, 6.45) is 8.09. The first-order valence-electron chi connectivity index (χ1n) is 7.36. The summed E-state index contributed by atoms with van der Waals surface area (Å²) >= 11 is 0. The zero-order valence-electron chi connectivity index (χ0n) is 12.9. The molecule has 1 rings (SSSR count). The molecule has 0 fully saturated rings. The fourth-order valence-electron chi connectivity index (χ4n) is 1.95. The number of nitrogens with one attached hydrogen (secondary N) is 1. The second kappa shape index (κ2) is 9.43. The third-order valence-electron chi connectivity index (χ3n) is 3.07. The monoisotopic (exact) mass is 277 g/mol. The molecule has 2 N–H and O–H groups in total. The number of aromatic hydroxyl groups is 1. The minimum absolute atomic E-state index is 0.188. The summed E-state index contributed by atoms with van der Waals surface area (Å²) in [4.78, 5) is 0. The first kappa shape index (κ1) is 16.6. The Labute approximate surface area is 122 Å². The largest absolute Gasteiger partial charge is 0.504 e. The lowest BCUT2D eigenvalue weighted by atomic mass is 10.1. The summed E-state index contributed by atoms with van der Waals surface area (Å²) in [6.45, 7) is 6.21. The van der Waals surface area contributed by atoms with E-state index in [1.165, 1.54) is 12.8 Å². The van der Waals surface area contributed by atoms with E-state index in [0.717, 1.165) is 25.1 Å². The highest BCUT2D eigenvalue weighted by Crippen LogP contribution is 2.26. The highest BCUT2D eigenvalue weighted by Gasteiger charge is 2.01. The van der Waals surface area contributed by atoms with Gasteiger partial charge in [-0.25, -0.2) is 0 Å². The van der Waals surface area contributed by atoms with Crippen molar-refractivity contribution in [2.24, 2.45) is 5.92 Å². The van der Waals surface area contributed by atoms with Gasteiger partial charge >= 0.3 is 0 Å². The molecule has 0 saturated carbocycles. The Morgan fingerprint density at radius 2 is 2.10 bits per heavy atom. The predicted octanol–water partition coefficient (Wildman–Crippen LogP) is 3.87. The summed E-state index contributed by atoms with van der Waals surface area (Å²) in [5.74, 6) is 1.37. The highest BCUT2D eigenvalue weighted by atomic mass is 16.5. The van der Waals surface area contributed by atoms with Crippen LogP contribution in [0.15, 0.2) is 30.4 Å². The van der Waals surface area contributed by atoms with Gasteiger partial charge in [0.25, 0.3) is 0 Å². The van der Waals surface area contributed by atoms with Crippen molar-refractivity contribution in [1.29, 1.82) is 0 Å². The van der Waals surface area contributed by atoms with Crippen molar-refractivity contribution in [2.45, 2.75) is 39.7 Å². The third kappa shape index (κ3) is 6.62. The second-order valence-electron chi connectivity index (χ2n) is 5.35. The molecule has 0 amide bonds. The molecule has 1 aromatic rings. The number of ether oxygens (including phenoxy) is 1. The van der Waals surface area contributed by atoms with E-state index in [1.807, 2.05) is 12.1 Å². The van der Waals surface area contributed by atoms with Crippen LogP contribution in [0.3, 0.4) is 0 Å². The number of hydrogen-bond donors (Lipinski definition) is 2. The molecule has 0 radical (unpaired) electrons. The number of unbranched alkanes of at least 4 members (excludes halogenated alkanes) is 2. The molecule has 0 saturated heterocycles. The standard InChI is InChI=1S/C17H27NO2/c1-14(2)8-6-4-5-7-11-18-13-15-9-10-16(19)17(12-15)20-3/h6,8-10,12,14,18-19H,4-5,7,11,13H2,1-3H3/b8-6+. The molecule has 1 aromatic carbocycles. The van der Waals surface area contributed by atoms with Crippen LogP contribution in [-0.4, -0.2) is 18.8 Å². The van der Waals surface area contributed by atoms with E-state index >= 15 is 0 Å². The third-order valence-corrected chi connectivity index (χ3v) is 3.07. The Bertz CT molecular complexity index is 413. The smallest absolute Gasteiger partial charge is 0.160 e. The van der Waals surface area contributed by atoms with Gasteiger partial charge in [0, 0.05) is 6.54 Å². The van der Waals surface area contributed by atoms with Gasteiger partial charge in [-0.1, -0.05) is 32.1 Å². The van der Waals surface area contributed by atoms with Crippen molar-refractivity contribution >= 4 is 0 Å². The van der Waals surface area contributed by atoms with E-state index < -0.39 is 0 Å². The molecule has 0 unspecified atom stereocenters. The molecule has 0 aliphatic rings. The van der Waals surface area contributed by atoms with Crippen LogP contribution < -0.4 is 10.1 Å². The van der Waals surface area contributed by atoms with Gasteiger partial charge in [-0.2, -0.15) is 0 Å². The molecular weight excluding hydrogens is 250 g/mol. The molecule has 112 valence electrons. The van der Waals surface area contributed by atoms with Crippen LogP contribution in [0.5, 0.6) is 11.5 Å². The van der Waals surface area contributed by atoms with Crippen LogP contribution >= 0.6 is 0 Å². The minimum atomic E-state index is 0.188. The van der Waals surface area contributed by atoms with Gasteiger partial charge in [0.05, 0.1) is 7.11 Å². The zero-order valence-corrected chi connectivity index (χ0v) is 12.9.